The zero-order valence-corrected chi connectivity index (χ0v) is 7.77. The van der Waals surface area contributed by atoms with Crippen molar-refractivity contribution in [3.8, 4) is 0 Å². The van der Waals surface area contributed by atoms with E-state index in [1.165, 1.54) is 5.57 Å². The molecule has 0 bridgehead atoms. The number of fused-ring (bicyclic) bond motifs is 1. The van der Waals surface area contributed by atoms with Crippen molar-refractivity contribution in [1.29, 1.82) is 0 Å². The summed E-state index contributed by atoms with van der Waals surface area (Å²) in [6.45, 7) is 3.73. The monoisotopic (exact) mass is 180 g/mol. The molecule has 0 aromatic carbocycles. The molecule has 2 atom stereocenters. The Hall–Kier alpha value is -0.500. The Balaban J connectivity index is 2.15. The van der Waals surface area contributed by atoms with Crippen LogP contribution in [0, 0.1) is 5.92 Å². The second kappa shape index (κ2) is 3.09. The van der Waals surface area contributed by atoms with Crippen LogP contribution in [0.1, 0.15) is 12.8 Å². The minimum absolute atomic E-state index is 0.323. The van der Waals surface area contributed by atoms with Crippen LogP contribution in [0.3, 0.4) is 0 Å². The highest BCUT2D eigenvalue weighted by atomic mass is 32.2. The van der Waals surface area contributed by atoms with E-state index >= 15 is 0 Å². The highest BCUT2D eigenvalue weighted by Gasteiger charge is 2.35. The van der Waals surface area contributed by atoms with E-state index in [1.807, 2.05) is 23.9 Å². The van der Waals surface area contributed by atoms with Crippen LogP contribution in [0.15, 0.2) is 24.3 Å². The number of rotatable bonds is 2. The first-order valence-electron chi connectivity index (χ1n) is 4.28. The molecule has 0 spiro atoms. The molecule has 1 aliphatic carbocycles. The van der Waals surface area contributed by atoms with Crippen molar-refractivity contribution in [2.45, 2.75) is 18.1 Å². The zero-order valence-electron chi connectivity index (χ0n) is 6.95. The second-order valence-electron chi connectivity index (χ2n) is 3.36. The van der Waals surface area contributed by atoms with Crippen LogP contribution in [0.25, 0.3) is 0 Å². The molecule has 0 unspecified atom stereocenters. The maximum Gasteiger partial charge on any atom is 0.156 e. The summed E-state index contributed by atoms with van der Waals surface area (Å²) < 4.78 is 0. The van der Waals surface area contributed by atoms with E-state index in [9.17, 15) is 4.79 Å². The fraction of sp³-hybridized carbons (Fsp3) is 0.500. The molecule has 1 saturated heterocycles. The largest absolute Gasteiger partial charge is 0.295 e. The van der Waals surface area contributed by atoms with Gasteiger partial charge in [0.2, 0.25) is 0 Å². The van der Waals surface area contributed by atoms with Gasteiger partial charge in [0.15, 0.2) is 5.78 Å². The third kappa shape index (κ3) is 1.24. The lowest BCUT2D eigenvalue weighted by Crippen LogP contribution is -2.01. The third-order valence-electron chi connectivity index (χ3n) is 2.50. The smallest absolute Gasteiger partial charge is 0.156 e. The average molecular weight is 180 g/mol. The average Bonchev–Trinajstić information content (AvgIpc) is 2.52. The van der Waals surface area contributed by atoms with Crippen molar-refractivity contribution < 1.29 is 4.79 Å². The lowest BCUT2D eigenvalue weighted by Gasteiger charge is -2.06. The van der Waals surface area contributed by atoms with Crippen LogP contribution in [0.4, 0.5) is 0 Å². The predicted octanol–water partition coefficient (Wildman–Crippen LogP) is 2.19. The molecule has 0 radical (unpaired) electrons. The summed E-state index contributed by atoms with van der Waals surface area (Å²) in [5.74, 6) is 2.02. The van der Waals surface area contributed by atoms with E-state index in [1.54, 1.807) is 0 Å². The minimum atomic E-state index is 0.323. The van der Waals surface area contributed by atoms with Gasteiger partial charge in [0.25, 0.3) is 0 Å². The number of carbonyl (C=O) groups is 1. The molecule has 0 aromatic rings. The van der Waals surface area contributed by atoms with Crippen LogP contribution < -0.4 is 0 Å². The summed E-state index contributed by atoms with van der Waals surface area (Å²) >= 11 is 1.97. The highest BCUT2D eigenvalue weighted by Crippen LogP contribution is 2.43. The third-order valence-corrected chi connectivity index (χ3v) is 3.96. The van der Waals surface area contributed by atoms with Crippen LogP contribution >= 0.6 is 11.8 Å². The molecular formula is C10H12OS. The Morgan fingerprint density at radius 2 is 2.58 bits per heavy atom. The Labute approximate surface area is 76.9 Å². The standard InChI is InChI=1S/C10H12OS/c1-2-3-10-9-5-8(11)4-7(9)6-12-10/h2,5,7,10H,1,3-4,6H2/t7-,10+/m0/s1. The maximum absolute atomic E-state index is 11.1. The highest BCUT2D eigenvalue weighted by molar-refractivity contribution is 8.00. The van der Waals surface area contributed by atoms with Gasteiger partial charge in [-0.25, -0.2) is 0 Å². The fourth-order valence-electron chi connectivity index (χ4n) is 1.92. The molecule has 1 heterocycles. The topological polar surface area (TPSA) is 17.1 Å². The van der Waals surface area contributed by atoms with E-state index in [4.69, 9.17) is 0 Å². The van der Waals surface area contributed by atoms with Gasteiger partial charge in [-0.05, 0) is 24.0 Å². The second-order valence-corrected chi connectivity index (χ2v) is 4.59. The minimum Gasteiger partial charge on any atom is -0.295 e. The van der Waals surface area contributed by atoms with E-state index in [2.05, 4.69) is 6.58 Å². The summed E-state index contributed by atoms with van der Waals surface area (Å²) in [7, 11) is 0. The van der Waals surface area contributed by atoms with Crippen LogP contribution in [0.5, 0.6) is 0 Å². The van der Waals surface area contributed by atoms with Gasteiger partial charge in [-0.1, -0.05) is 6.08 Å². The molecule has 1 nitrogen and oxygen atoms in total. The van der Waals surface area contributed by atoms with Crippen LogP contribution in [0.2, 0.25) is 0 Å². The summed E-state index contributed by atoms with van der Waals surface area (Å²) in [4.78, 5) is 11.1. The lowest BCUT2D eigenvalue weighted by atomic mass is 10.00. The van der Waals surface area contributed by atoms with Gasteiger partial charge in [0.1, 0.15) is 0 Å². The van der Waals surface area contributed by atoms with Gasteiger partial charge in [0, 0.05) is 17.4 Å². The maximum atomic E-state index is 11.1. The van der Waals surface area contributed by atoms with E-state index in [0.29, 0.717) is 17.0 Å². The van der Waals surface area contributed by atoms with Gasteiger partial charge < -0.3 is 0 Å². The Morgan fingerprint density at radius 1 is 1.75 bits per heavy atom. The van der Waals surface area contributed by atoms with E-state index in [0.717, 1.165) is 18.6 Å². The molecule has 12 heavy (non-hydrogen) atoms. The molecule has 0 amide bonds. The van der Waals surface area contributed by atoms with Crippen molar-refractivity contribution in [2.24, 2.45) is 5.92 Å². The molecule has 0 aromatic heterocycles. The molecule has 0 N–H and O–H groups in total. The molecule has 64 valence electrons. The summed E-state index contributed by atoms with van der Waals surface area (Å²) in [5.41, 5.74) is 1.38. The van der Waals surface area contributed by atoms with Crippen molar-refractivity contribution in [3.05, 3.63) is 24.3 Å². The van der Waals surface area contributed by atoms with Crippen LogP contribution in [-0.4, -0.2) is 16.8 Å². The first-order chi connectivity index (χ1) is 5.81. The Kier molecular flexibility index (Phi) is 2.09. The SMILES string of the molecule is C=CC[C@H]1SC[C@@H]2CC(=O)C=C21. The summed E-state index contributed by atoms with van der Waals surface area (Å²) in [5, 5.41) is 0.555. The predicted molar refractivity (Wildman–Crippen MR) is 52.3 cm³/mol. The zero-order chi connectivity index (χ0) is 8.55. The fourth-order valence-corrected chi connectivity index (χ4v) is 3.42. The number of thioether (sulfide) groups is 1. The molecule has 2 heteroatoms. The van der Waals surface area contributed by atoms with Gasteiger partial charge in [0.05, 0.1) is 0 Å². The number of hydrogen-bond acceptors (Lipinski definition) is 2. The summed E-state index contributed by atoms with van der Waals surface area (Å²) in [6.07, 6.45) is 5.58. The first-order valence-corrected chi connectivity index (χ1v) is 5.33. The summed E-state index contributed by atoms with van der Waals surface area (Å²) in [6, 6.07) is 0. The Morgan fingerprint density at radius 3 is 3.33 bits per heavy atom. The van der Waals surface area contributed by atoms with Crippen molar-refractivity contribution in [1.82, 2.24) is 0 Å². The van der Waals surface area contributed by atoms with Gasteiger partial charge in [-0.2, -0.15) is 11.8 Å². The number of carbonyl (C=O) groups excluding carboxylic acids is 1. The van der Waals surface area contributed by atoms with Crippen molar-refractivity contribution in [3.63, 3.8) is 0 Å². The first kappa shape index (κ1) is 8.11. The van der Waals surface area contributed by atoms with Crippen LogP contribution in [-0.2, 0) is 4.79 Å². The van der Waals surface area contributed by atoms with Gasteiger partial charge in [-0.3, -0.25) is 4.79 Å². The van der Waals surface area contributed by atoms with Crippen molar-refractivity contribution >= 4 is 17.5 Å². The lowest BCUT2D eigenvalue weighted by molar-refractivity contribution is -0.114. The molecular weight excluding hydrogens is 168 g/mol. The van der Waals surface area contributed by atoms with E-state index in [-0.39, 0.29) is 0 Å². The number of allylic oxidation sites excluding steroid dienone is 2. The molecule has 2 aliphatic rings. The molecule has 2 rings (SSSR count). The number of hydrogen-bond donors (Lipinski definition) is 0. The van der Waals surface area contributed by atoms with Crippen molar-refractivity contribution in [2.75, 3.05) is 5.75 Å². The molecule has 0 saturated carbocycles. The normalized spacial score (nSPS) is 33.3. The molecule has 1 fully saturated rings. The van der Waals surface area contributed by atoms with Gasteiger partial charge >= 0.3 is 0 Å². The molecule has 1 aliphatic heterocycles. The quantitative estimate of drug-likeness (QED) is 0.606. The number of ketones is 1. The Bertz CT molecular complexity index is 255. The van der Waals surface area contributed by atoms with Gasteiger partial charge in [-0.15, -0.1) is 6.58 Å². The van der Waals surface area contributed by atoms with E-state index < -0.39 is 0 Å².